The van der Waals surface area contributed by atoms with Crippen molar-refractivity contribution in [2.24, 2.45) is 5.84 Å². The molecule has 3 nitrogen and oxygen atoms in total. The summed E-state index contributed by atoms with van der Waals surface area (Å²) in [6.45, 7) is 7.93. The highest BCUT2D eigenvalue weighted by Gasteiger charge is 2.29. The highest BCUT2D eigenvalue weighted by molar-refractivity contribution is 5.05. The molecule has 3 N–H and O–H groups in total. The molecule has 0 bridgehead atoms. The van der Waals surface area contributed by atoms with Crippen LogP contribution >= 0.6 is 0 Å². The molecule has 0 spiro atoms. The lowest BCUT2D eigenvalue weighted by Crippen LogP contribution is -2.44. The van der Waals surface area contributed by atoms with Gasteiger partial charge in [-0.15, -0.1) is 0 Å². The highest BCUT2D eigenvalue weighted by atomic mass is 16.5. The molecule has 0 saturated carbocycles. The van der Waals surface area contributed by atoms with Crippen molar-refractivity contribution >= 4 is 0 Å². The molecule has 1 aliphatic rings. The summed E-state index contributed by atoms with van der Waals surface area (Å²) in [5.41, 5.74) is 3.78. The van der Waals surface area contributed by atoms with E-state index in [1.54, 1.807) is 0 Å². The van der Waals surface area contributed by atoms with Crippen molar-refractivity contribution in [3.05, 3.63) is 12.2 Å². The summed E-state index contributed by atoms with van der Waals surface area (Å²) < 4.78 is 5.67. The van der Waals surface area contributed by atoms with Gasteiger partial charge in [0.15, 0.2) is 0 Å². The maximum absolute atomic E-state index is 5.67. The molecule has 3 unspecified atom stereocenters. The van der Waals surface area contributed by atoms with Crippen molar-refractivity contribution in [1.82, 2.24) is 5.43 Å². The van der Waals surface area contributed by atoms with Crippen molar-refractivity contribution in [1.29, 1.82) is 0 Å². The molecular weight excluding hydrogens is 152 g/mol. The minimum absolute atomic E-state index is 0.106. The van der Waals surface area contributed by atoms with Crippen LogP contribution in [0.4, 0.5) is 0 Å². The van der Waals surface area contributed by atoms with Crippen LogP contribution in [0.15, 0.2) is 12.2 Å². The molecule has 1 saturated heterocycles. The fourth-order valence-corrected chi connectivity index (χ4v) is 1.65. The standard InChI is InChI=1S/C9H18N2O/c1-6(2)9(11-10)8-5-4-7(3)12-8/h7-9,11H,1,4-5,10H2,2-3H3. The Bertz CT molecular complexity index is 170. The summed E-state index contributed by atoms with van der Waals surface area (Å²) >= 11 is 0. The fourth-order valence-electron chi connectivity index (χ4n) is 1.65. The zero-order valence-corrected chi connectivity index (χ0v) is 7.84. The average molecular weight is 170 g/mol. The molecule has 12 heavy (non-hydrogen) atoms. The topological polar surface area (TPSA) is 47.3 Å². The van der Waals surface area contributed by atoms with E-state index >= 15 is 0 Å². The molecule has 1 aliphatic heterocycles. The molecule has 70 valence electrons. The molecule has 3 atom stereocenters. The highest BCUT2D eigenvalue weighted by Crippen LogP contribution is 2.23. The van der Waals surface area contributed by atoms with Gasteiger partial charge in [-0.05, 0) is 26.7 Å². The zero-order valence-electron chi connectivity index (χ0n) is 7.84. The van der Waals surface area contributed by atoms with Crippen LogP contribution in [0.2, 0.25) is 0 Å². The Morgan fingerprint density at radius 1 is 1.67 bits per heavy atom. The van der Waals surface area contributed by atoms with Gasteiger partial charge in [-0.25, -0.2) is 0 Å². The number of hydrogen-bond donors (Lipinski definition) is 2. The largest absolute Gasteiger partial charge is 0.373 e. The van der Waals surface area contributed by atoms with Crippen molar-refractivity contribution in [3.8, 4) is 0 Å². The molecule has 0 aromatic heterocycles. The van der Waals surface area contributed by atoms with Crippen molar-refractivity contribution < 1.29 is 4.74 Å². The summed E-state index contributed by atoms with van der Waals surface area (Å²) in [5, 5.41) is 0. The molecule has 0 amide bonds. The first-order valence-corrected chi connectivity index (χ1v) is 4.42. The first kappa shape index (κ1) is 9.71. The Morgan fingerprint density at radius 2 is 2.33 bits per heavy atom. The van der Waals surface area contributed by atoms with Gasteiger partial charge in [-0.3, -0.25) is 11.3 Å². The minimum Gasteiger partial charge on any atom is -0.373 e. The SMILES string of the molecule is C=C(C)C(NN)C1CCC(C)O1. The molecule has 1 fully saturated rings. The first-order valence-electron chi connectivity index (χ1n) is 4.42. The first-order chi connectivity index (χ1) is 5.65. The third-order valence-electron chi connectivity index (χ3n) is 2.35. The Labute approximate surface area is 73.9 Å². The summed E-state index contributed by atoms with van der Waals surface area (Å²) in [6.07, 6.45) is 2.77. The van der Waals surface area contributed by atoms with Crippen LogP contribution in [0.1, 0.15) is 26.7 Å². The summed E-state index contributed by atoms with van der Waals surface area (Å²) in [7, 11) is 0. The number of rotatable bonds is 3. The van der Waals surface area contributed by atoms with Crippen LogP contribution in [0, 0.1) is 0 Å². The molecule has 0 aliphatic carbocycles. The number of ether oxygens (including phenoxy) is 1. The maximum Gasteiger partial charge on any atom is 0.0783 e. The van der Waals surface area contributed by atoms with E-state index in [9.17, 15) is 0 Å². The molecule has 1 rings (SSSR count). The normalized spacial score (nSPS) is 31.9. The smallest absolute Gasteiger partial charge is 0.0783 e. The molecule has 0 aromatic rings. The quantitative estimate of drug-likeness (QED) is 0.377. The second-order valence-corrected chi connectivity index (χ2v) is 3.55. The Morgan fingerprint density at radius 3 is 2.67 bits per heavy atom. The van der Waals surface area contributed by atoms with Gasteiger partial charge in [0, 0.05) is 0 Å². The predicted octanol–water partition coefficient (Wildman–Crippen LogP) is 0.962. The maximum atomic E-state index is 5.67. The van der Waals surface area contributed by atoms with Gasteiger partial charge < -0.3 is 4.74 Å². The van der Waals surface area contributed by atoms with Gasteiger partial charge in [0.05, 0.1) is 18.2 Å². The van der Waals surface area contributed by atoms with Crippen LogP contribution in [0.25, 0.3) is 0 Å². The lowest BCUT2D eigenvalue weighted by molar-refractivity contribution is 0.0397. The second-order valence-electron chi connectivity index (χ2n) is 3.55. The van der Waals surface area contributed by atoms with Crippen LogP contribution in [-0.4, -0.2) is 18.2 Å². The number of hydrogen-bond acceptors (Lipinski definition) is 3. The zero-order chi connectivity index (χ0) is 9.14. The number of nitrogens with two attached hydrogens (primary N) is 1. The summed E-state index contributed by atoms with van der Waals surface area (Å²) in [6, 6.07) is 0.106. The van der Waals surface area contributed by atoms with Gasteiger partial charge in [0.1, 0.15) is 0 Å². The van der Waals surface area contributed by atoms with E-state index in [0.29, 0.717) is 6.10 Å². The minimum atomic E-state index is 0.106. The van der Waals surface area contributed by atoms with Crippen LogP contribution in [0.3, 0.4) is 0 Å². The van der Waals surface area contributed by atoms with Crippen molar-refractivity contribution in [3.63, 3.8) is 0 Å². The van der Waals surface area contributed by atoms with E-state index in [2.05, 4.69) is 18.9 Å². The molecule has 1 heterocycles. The van der Waals surface area contributed by atoms with Crippen molar-refractivity contribution in [2.75, 3.05) is 0 Å². The van der Waals surface area contributed by atoms with E-state index in [4.69, 9.17) is 10.6 Å². The Kier molecular flexibility index (Phi) is 3.26. The Balaban J connectivity index is 2.49. The van der Waals surface area contributed by atoms with E-state index in [-0.39, 0.29) is 12.1 Å². The summed E-state index contributed by atoms with van der Waals surface area (Å²) in [4.78, 5) is 0. The predicted molar refractivity (Wildman–Crippen MR) is 49.5 cm³/mol. The number of nitrogens with one attached hydrogen (secondary N) is 1. The third kappa shape index (κ3) is 2.06. The molecule has 3 heteroatoms. The van der Waals surface area contributed by atoms with Gasteiger partial charge in [-0.1, -0.05) is 12.2 Å². The third-order valence-corrected chi connectivity index (χ3v) is 2.35. The van der Waals surface area contributed by atoms with Crippen LogP contribution in [-0.2, 0) is 4.74 Å². The second kappa shape index (κ2) is 4.03. The van der Waals surface area contributed by atoms with Crippen molar-refractivity contribution in [2.45, 2.75) is 44.9 Å². The summed E-state index contributed by atoms with van der Waals surface area (Å²) in [5.74, 6) is 5.41. The molecule has 0 aromatic carbocycles. The van der Waals surface area contributed by atoms with Crippen LogP contribution in [0.5, 0.6) is 0 Å². The van der Waals surface area contributed by atoms with E-state index < -0.39 is 0 Å². The molecular formula is C9H18N2O. The Hall–Kier alpha value is -0.380. The van der Waals surface area contributed by atoms with Gasteiger partial charge >= 0.3 is 0 Å². The van der Waals surface area contributed by atoms with Gasteiger partial charge in [-0.2, -0.15) is 0 Å². The van der Waals surface area contributed by atoms with Gasteiger partial charge in [0.25, 0.3) is 0 Å². The van der Waals surface area contributed by atoms with E-state index in [1.165, 1.54) is 0 Å². The van der Waals surface area contributed by atoms with Gasteiger partial charge in [0.2, 0.25) is 0 Å². The van der Waals surface area contributed by atoms with E-state index in [0.717, 1.165) is 18.4 Å². The number of hydrazine groups is 1. The average Bonchev–Trinajstić information content (AvgIpc) is 2.37. The van der Waals surface area contributed by atoms with E-state index in [1.807, 2.05) is 6.92 Å². The lowest BCUT2D eigenvalue weighted by atomic mass is 10.0. The lowest BCUT2D eigenvalue weighted by Gasteiger charge is -2.22. The van der Waals surface area contributed by atoms with Crippen LogP contribution < -0.4 is 11.3 Å². The monoisotopic (exact) mass is 170 g/mol. The molecule has 0 radical (unpaired) electrons. The fraction of sp³-hybridized carbons (Fsp3) is 0.778.